The Morgan fingerprint density at radius 2 is 2.07 bits per heavy atom. The summed E-state index contributed by atoms with van der Waals surface area (Å²) in [5.74, 6) is 0.00401. The summed E-state index contributed by atoms with van der Waals surface area (Å²) in [7, 11) is 3.23. The number of aliphatic imine (C=N–C) groups is 1. The minimum atomic E-state index is -0.579. The molecule has 7 nitrogen and oxygen atoms in total. The molecule has 0 bridgehead atoms. The van der Waals surface area contributed by atoms with Crippen LogP contribution >= 0.6 is 0 Å². The quantitative estimate of drug-likeness (QED) is 0.527. The molecule has 30 heavy (non-hydrogen) atoms. The van der Waals surface area contributed by atoms with Crippen molar-refractivity contribution in [1.82, 2.24) is 19.1 Å². The molecule has 0 aliphatic carbocycles. The fourth-order valence-corrected chi connectivity index (χ4v) is 3.83. The molecule has 0 amide bonds. The lowest BCUT2D eigenvalue weighted by Gasteiger charge is -2.11. The van der Waals surface area contributed by atoms with Crippen molar-refractivity contribution in [2.75, 3.05) is 13.7 Å². The number of hydrogen-bond acceptors (Lipinski definition) is 5. The van der Waals surface area contributed by atoms with Crippen molar-refractivity contribution in [2.24, 2.45) is 12.0 Å². The normalized spacial score (nSPS) is 13.7. The lowest BCUT2D eigenvalue weighted by atomic mass is 10.0. The summed E-state index contributed by atoms with van der Waals surface area (Å²) < 4.78 is 22.9. The third-order valence-corrected chi connectivity index (χ3v) is 5.31. The Bertz CT molecular complexity index is 1460. The fraction of sp³-hybridized carbons (Fsp3) is 0.182. The predicted molar refractivity (Wildman–Crippen MR) is 113 cm³/mol. The van der Waals surface area contributed by atoms with Gasteiger partial charge >= 0.3 is 5.69 Å². The molecule has 0 unspecified atom stereocenters. The molecule has 0 spiro atoms. The topological polar surface area (TPSA) is 74.3 Å². The van der Waals surface area contributed by atoms with Gasteiger partial charge in [-0.3, -0.25) is 14.5 Å². The molecule has 3 aromatic heterocycles. The summed E-state index contributed by atoms with van der Waals surface area (Å²) >= 11 is 0. The van der Waals surface area contributed by atoms with E-state index in [1.54, 1.807) is 20.4 Å². The third-order valence-electron chi connectivity index (χ3n) is 5.31. The number of halogens is 1. The molecule has 0 saturated carbocycles. The molecule has 1 aromatic carbocycles. The number of nitrogens with zero attached hydrogens (tertiary/aromatic N) is 5. The van der Waals surface area contributed by atoms with E-state index in [-0.39, 0.29) is 5.82 Å². The van der Waals surface area contributed by atoms with Crippen LogP contribution in [0, 0.1) is 5.82 Å². The van der Waals surface area contributed by atoms with Crippen molar-refractivity contribution >= 4 is 27.6 Å². The molecule has 1 aliphatic rings. The summed E-state index contributed by atoms with van der Waals surface area (Å²) in [5, 5.41) is 0.687. The number of hydrogen-bond donors (Lipinski definition) is 0. The summed E-state index contributed by atoms with van der Waals surface area (Å²) in [4.78, 5) is 26.2. The number of ether oxygens (including phenoxy) is 1. The van der Waals surface area contributed by atoms with Crippen LogP contribution in [-0.2, 0) is 7.05 Å². The molecule has 0 radical (unpaired) electrons. The van der Waals surface area contributed by atoms with Gasteiger partial charge in [-0.25, -0.2) is 18.7 Å². The zero-order valence-corrected chi connectivity index (χ0v) is 16.7. The Kier molecular flexibility index (Phi) is 4.02. The van der Waals surface area contributed by atoms with E-state index in [0.717, 1.165) is 16.8 Å². The second kappa shape index (κ2) is 6.62. The first kappa shape index (κ1) is 18.2. The first-order valence-corrected chi connectivity index (χ1v) is 9.40. The molecule has 4 heterocycles. The van der Waals surface area contributed by atoms with E-state index < -0.39 is 11.5 Å². The fourth-order valence-electron chi connectivity index (χ4n) is 3.83. The SMILES string of the molecule is COc1cc2ncc3c(c2cc1C1=NCC(C)=C1)n(-c1ncccc1F)c(=O)n3C. The number of methoxy groups -OCH3 is 1. The highest BCUT2D eigenvalue weighted by Gasteiger charge is 2.21. The van der Waals surface area contributed by atoms with Crippen molar-refractivity contribution in [3.05, 3.63) is 70.2 Å². The highest BCUT2D eigenvalue weighted by Crippen LogP contribution is 2.32. The Labute approximate surface area is 170 Å². The van der Waals surface area contributed by atoms with E-state index in [4.69, 9.17) is 4.74 Å². The van der Waals surface area contributed by atoms with E-state index in [0.29, 0.717) is 34.2 Å². The zero-order chi connectivity index (χ0) is 21.0. The number of allylic oxidation sites excluding steroid dienone is 1. The number of aryl methyl sites for hydroxylation is 1. The Morgan fingerprint density at radius 1 is 1.23 bits per heavy atom. The first-order valence-electron chi connectivity index (χ1n) is 9.40. The van der Waals surface area contributed by atoms with Crippen LogP contribution in [0.4, 0.5) is 4.39 Å². The van der Waals surface area contributed by atoms with Gasteiger partial charge in [0.2, 0.25) is 0 Å². The minimum absolute atomic E-state index is 0.0492. The van der Waals surface area contributed by atoms with Gasteiger partial charge in [0.15, 0.2) is 11.6 Å². The van der Waals surface area contributed by atoms with Crippen LogP contribution in [0.25, 0.3) is 27.8 Å². The number of rotatable bonds is 3. The maximum absolute atomic E-state index is 14.6. The number of fused-ring (bicyclic) bond motifs is 3. The van der Waals surface area contributed by atoms with Crippen molar-refractivity contribution in [3.63, 3.8) is 0 Å². The van der Waals surface area contributed by atoms with Gasteiger partial charge in [0.1, 0.15) is 5.75 Å². The van der Waals surface area contributed by atoms with E-state index in [2.05, 4.69) is 15.0 Å². The molecule has 8 heteroatoms. The minimum Gasteiger partial charge on any atom is -0.496 e. The van der Waals surface area contributed by atoms with Crippen LogP contribution in [-0.4, -0.2) is 38.5 Å². The molecular formula is C22H18FN5O2. The Hall–Kier alpha value is -3.81. The largest absolute Gasteiger partial charge is 0.496 e. The summed E-state index contributed by atoms with van der Waals surface area (Å²) in [6.45, 7) is 2.65. The van der Waals surface area contributed by atoms with E-state index in [1.807, 2.05) is 25.1 Å². The molecule has 0 saturated heterocycles. The Balaban J connectivity index is 1.93. The maximum Gasteiger partial charge on any atom is 0.334 e. The lowest BCUT2D eigenvalue weighted by molar-refractivity contribution is 0.414. The average molecular weight is 403 g/mol. The van der Waals surface area contributed by atoms with Gasteiger partial charge in [-0.15, -0.1) is 0 Å². The zero-order valence-electron chi connectivity index (χ0n) is 16.7. The molecule has 0 atom stereocenters. The van der Waals surface area contributed by atoms with Gasteiger partial charge in [-0.05, 0) is 36.8 Å². The number of aromatic nitrogens is 4. The van der Waals surface area contributed by atoms with E-state index >= 15 is 0 Å². The van der Waals surface area contributed by atoms with Gasteiger partial charge in [-0.2, -0.15) is 0 Å². The Morgan fingerprint density at radius 3 is 2.77 bits per heavy atom. The van der Waals surface area contributed by atoms with Gasteiger partial charge in [0, 0.05) is 30.3 Å². The lowest BCUT2D eigenvalue weighted by Crippen LogP contribution is -2.22. The number of benzene rings is 1. The van der Waals surface area contributed by atoms with Crippen molar-refractivity contribution < 1.29 is 9.13 Å². The van der Waals surface area contributed by atoms with Crippen LogP contribution < -0.4 is 10.4 Å². The van der Waals surface area contributed by atoms with Crippen molar-refractivity contribution in [2.45, 2.75) is 6.92 Å². The summed E-state index contributed by atoms with van der Waals surface area (Å²) in [6, 6.07) is 6.48. The molecule has 5 rings (SSSR count). The number of pyridine rings is 2. The summed E-state index contributed by atoms with van der Waals surface area (Å²) in [6.07, 6.45) is 5.07. The van der Waals surface area contributed by atoms with E-state index in [9.17, 15) is 9.18 Å². The average Bonchev–Trinajstić information content (AvgIpc) is 3.29. The van der Waals surface area contributed by atoms with Crippen molar-refractivity contribution in [3.8, 4) is 11.6 Å². The second-order valence-electron chi connectivity index (χ2n) is 7.24. The van der Waals surface area contributed by atoms with Crippen LogP contribution in [0.3, 0.4) is 0 Å². The molecule has 4 aromatic rings. The second-order valence-corrected chi connectivity index (χ2v) is 7.24. The van der Waals surface area contributed by atoms with Crippen LogP contribution in [0.5, 0.6) is 5.75 Å². The van der Waals surface area contributed by atoms with Gasteiger partial charge in [0.05, 0.1) is 42.1 Å². The highest BCUT2D eigenvalue weighted by atomic mass is 19.1. The molecule has 0 fully saturated rings. The number of imidazole rings is 1. The molecule has 0 N–H and O–H groups in total. The summed E-state index contributed by atoms with van der Waals surface area (Å²) in [5.41, 5.74) is 4.08. The van der Waals surface area contributed by atoms with Gasteiger partial charge < -0.3 is 4.74 Å². The molecule has 1 aliphatic heterocycles. The monoisotopic (exact) mass is 403 g/mol. The van der Waals surface area contributed by atoms with Crippen LogP contribution in [0.1, 0.15) is 12.5 Å². The highest BCUT2D eigenvalue weighted by molar-refractivity contribution is 6.15. The van der Waals surface area contributed by atoms with Crippen LogP contribution in [0.2, 0.25) is 0 Å². The van der Waals surface area contributed by atoms with Crippen molar-refractivity contribution in [1.29, 1.82) is 0 Å². The van der Waals surface area contributed by atoms with Gasteiger partial charge in [0.25, 0.3) is 0 Å². The third kappa shape index (κ3) is 2.57. The van der Waals surface area contributed by atoms with Crippen LogP contribution in [0.15, 0.2) is 58.1 Å². The first-order chi connectivity index (χ1) is 14.5. The smallest absolute Gasteiger partial charge is 0.334 e. The maximum atomic E-state index is 14.6. The predicted octanol–water partition coefficient (Wildman–Crippen LogP) is 3.17. The standard InChI is InChI=1S/C22H18FN5O2/c1-12-7-16(25-10-12)13-8-14-17(9-19(13)30-3)26-11-18-20(14)28(22(29)27(18)2)21-15(23)5-4-6-24-21/h4-9,11H,10H2,1-3H3. The molecular weight excluding hydrogens is 385 g/mol. The van der Waals surface area contributed by atoms with Gasteiger partial charge in [-0.1, -0.05) is 0 Å². The molecule has 150 valence electrons. The van der Waals surface area contributed by atoms with E-state index in [1.165, 1.54) is 27.5 Å².